The summed E-state index contributed by atoms with van der Waals surface area (Å²) in [6, 6.07) is 52.2. The molecule has 3 heteroatoms. The summed E-state index contributed by atoms with van der Waals surface area (Å²) in [5, 5.41) is 12.3. The van der Waals surface area contributed by atoms with Crippen molar-refractivity contribution < 1.29 is 4.42 Å². The molecule has 0 saturated heterocycles. The van der Waals surface area contributed by atoms with Gasteiger partial charge in [0.05, 0.1) is 6.54 Å². The molecule has 0 atom stereocenters. The molecule has 0 spiro atoms. The predicted octanol–water partition coefficient (Wildman–Crippen LogP) is 11.2. The normalized spacial score (nSPS) is 12.8. The first-order valence-corrected chi connectivity index (χ1v) is 15.1. The van der Waals surface area contributed by atoms with Crippen LogP contribution in [0.4, 0.5) is 17.3 Å². The van der Waals surface area contributed by atoms with Crippen LogP contribution in [0.3, 0.4) is 0 Å². The molecule has 7 aromatic carbocycles. The zero-order valence-electron chi connectivity index (χ0n) is 24.0. The summed E-state index contributed by atoms with van der Waals surface area (Å²) in [5.74, 6) is 0.825. The molecule has 1 aliphatic heterocycles. The molecule has 0 aliphatic carbocycles. The molecule has 1 N–H and O–H groups in total. The van der Waals surface area contributed by atoms with Gasteiger partial charge in [-0.15, -0.1) is 0 Å². The van der Waals surface area contributed by atoms with Gasteiger partial charge < -0.3 is 14.6 Å². The number of fused-ring (bicyclic) bond motifs is 8. The third-order valence-corrected chi connectivity index (χ3v) is 8.88. The largest absolute Gasteiger partial charge is 0.440 e. The zero-order chi connectivity index (χ0) is 29.0. The molecular formula is C41H28N2O. The van der Waals surface area contributed by atoms with Crippen molar-refractivity contribution in [2.75, 3.05) is 16.8 Å². The van der Waals surface area contributed by atoms with Crippen molar-refractivity contribution in [2.45, 2.75) is 0 Å². The lowest BCUT2D eigenvalue weighted by Crippen LogP contribution is -2.24. The lowest BCUT2D eigenvalue weighted by Gasteiger charge is -2.30. The lowest BCUT2D eigenvalue weighted by molar-refractivity contribution is 0.626. The van der Waals surface area contributed by atoms with Gasteiger partial charge in [0.15, 0.2) is 0 Å². The number of nitrogens with zero attached hydrogens (tertiary/aromatic N) is 1. The third kappa shape index (κ3) is 3.98. The molecule has 9 rings (SSSR count). The van der Waals surface area contributed by atoms with Crippen LogP contribution < -0.4 is 10.2 Å². The summed E-state index contributed by atoms with van der Waals surface area (Å²) in [7, 11) is 0. The molecule has 0 fully saturated rings. The fraction of sp³-hybridized carbons (Fsp3) is 0.0244. The van der Waals surface area contributed by atoms with Gasteiger partial charge in [0.2, 0.25) is 5.88 Å². The SMILES string of the molecule is C1=C(N(c2ccc(-c3ccccc3)cc2)c2ccc3c(ccc4c5ccccc5ccc34)c2)CNc2oc3ccccc3c21. The molecule has 0 radical (unpaired) electrons. The van der Waals surface area contributed by atoms with E-state index >= 15 is 0 Å². The van der Waals surface area contributed by atoms with E-state index in [1.54, 1.807) is 0 Å². The van der Waals surface area contributed by atoms with Gasteiger partial charge in [-0.3, -0.25) is 0 Å². The fourth-order valence-corrected chi connectivity index (χ4v) is 6.74. The minimum Gasteiger partial charge on any atom is -0.440 e. The highest BCUT2D eigenvalue weighted by molar-refractivity contribution is 6.17. The Morgan fingerprint density at radius 3 is 1.98 bits per heavy atom. The Hall–Kier alpha value is -5.80. The van der Waals surface area contributed by atoms with E-state index in [0.29, 0.717) is 6.54 Å². The second-order valence-electron chi connectivity index (χ2n) is 11.4. The van der Waals surface area contributed by atoms with E-state index in [-0.39, 0.29) is 0 Å². The number of anilines is 3. The van der Waals surface area contributed by atoms with E-state index in [1.165, 1.54) is 43.4 Å². The summed E-state index contributed by atoms with van der Waals surface area (Å²) in [5.41, 5.74) is 7.78. The van der Waals surface area contributed by atoms with Crippen molar-refractivity contribution in [3.05, 3.63) is 157 Å². The first kappa shape index (κ1) is 24.8. The van der Waals surface area contributed by atoms with Gasteiger partial charge in [-0.1, -0.05) is 115 Å². The van der Waals surface area contributed by atoms with E-state index < -0.39 is 0 Å². The van der Waals surface area contributed by atoms with Crippen molar-refractivity contribution in [1.82, 2.24) is 0 Å². The fourth-order valence-electron chi connectivity index (χ4n) is 6.74. The summed E-state index contributed by atoms with van der Waals surface area (Å²) < 4.78 is 6.15. The molecule has 1 aliphatic rings. The molecule has 3 nitrogen and oxygen atoms in total. The first-order chi connectivity index (χ1) is 21.8. The Kier molecular flexibility index (Phi) is 5.57. The number of furan rings is 1. The van der Waals surface area contributed by atoms with Crippen LogP contribution in [0.1, 0.15) is 5.56 Å². The van der Waals surface area contributed by atoms with Crippen molar-refractivity contribution in [1.29, 1.82) is 0 Å². The smallest absolute Gasteiger partial charge is 0.201 e. The maximum absolute atomic E-state index is 6.15. The summed E-state index contributed by atoms with van der Waals surface area (Å²) in [4.78, 5) is 2.37. The van der Waals surface area contributed by atoms with Crippen molar-refractivity contribution >= 4 is 66.6 Å². The average Bonchev–Trinajstić information content (AvgIpc) is 3.47. The minimum atomic E-state index is 0.648. The van der Waals surface area contributed by atoms with Gasteiger partial charge in [0, 0.05) is 28.0 Å². The molecule has 2 heterocycles. The maximum Gasteiger partial charge on any atom is 0.201 e. The molecule has 0 bridgehead atoms. The van der Waals surface area contributed by atoms with Gasteiger partial charge in [-0.25, -0.2) is 0 Å². The highest BCUT2D eigenvalue weighted by atomic mass is 16.3. The lowest BCUT2D eigenvalue weighted by atomic mass is 9.96. The van der Waals surface area contributed by atoms with E-state index in [4.69, 9.17) is 4.42 Å². The predicted molar refractivity (Wildman–Crippen MR) is 186 cm³/mol. The Labute approximate surface area is 255 Å². The van der Waals surface area contributed by atoms with Gasteiger partial charge in [0.1, 0.15) is 5.58 Å². The van der Waals surface area contributed by atoms with Crippen LogP contribution in [0, 0.1) is 0 Å². The van der Waals surface area contributed by atoms with Crippen LogP contribution in [0.5, 0.6) is 0 Å². The number of hydrogen-bond acceptors (Lipinski definition) is 3. The van der Waals surface area contributed by atoms with Gasteiger partial charge in [0.25, 0.3) is 0 Å². The molecule has 44 heavy (non-hydrogen) atoms. The number of rotatable bonds is 4. The van der Waals surface area contributed by atoms with Crippen LogP contribution >= 0.6 is 0 Å². The van der Waals surface area contributed by atoms with Crippen LogP contribution in [0.15, 0.2) is 156 Å². The number of hydrogen-bond donors (Lipinski definition) is 1. The van der Waals surface area contributed by atoms with Crippen molar-refractivity contribution in [2.24, 2.45) is 0 Å². The summed E-state index contributed by atoms with van der Waals surface area (Å²) >= 11 is 0. The molecule has 0 saturated carbocycles. The Bertz CT molecular complexity index is 2380. The second kappa shape index (κ2) is 9.89. The summed E-state index contributed by atoms with van der Waals surface area (Å²) in [6.45, 7) is 0.648. The average molecular weight is 565 g/mol. The maximum atomic E-state index is 6.15. The Morgan fingerprint density at radius 2 is 1.14 bits per heavy atom. The molecule has 1 aromatic heterocycles. The molecule has 0 unspecified atom stereocenters. The third-order valence-electron chi connectivity index (χ3n) is 8.88. The molecular weight excluding hydrogens is 536 g/mol. The zero-order valence-corrected chi connectivity index (χ0v) is 24.0. The topological polar surface area (TPSA) is 28.4 Å². The van der Waals surface area contributed by atoms with Crippen LogP contribution in [0.2, 0.25) is 0 Å². The highest BCUT2D eigenvalue weighted by Crippen LogP contribution is 2.41. The Morgan fingerprint density at radius 1 is 0.500 bits per heavy atom. The highest BCUT2D eigenvalue weighted by Gasteiger charge is 2.23. The van der Waals surface area contributed by atoms with Crippen LogP contribution in [0.25, 0.3) is 60.5 Å². The van der Waals surface area contributed by atoms with Crippen LogP contribution in [-0.2, 0) is 0 Å². The number of benzene rings is 7. The van der Waals surface area contributed by atoms with E-state index in [2.05, 4.69) is 150 Å². The number of para-hydroxylation sites is 1. The minimum absolute atomic E-state index is 0.648. The van der Waals surface area contributed by atoms with Gasteiger partial charge >= 0.3 is 0 Å². The Balaban J connectivity index is 1.21. The molecule has 208 valence electrons. The van der Waals surface area contributed by atoms with Crippen LogP contribution in [-0.4, -0.2) is 6.54 Å². The monoisotopic (exact) mass is 564 g/mol. The van der Waals surface area contributed by atoms with Gasteiger partial charge in [-0.2, -0.15) is 0 Å². The first-order valence-electron chi connectivity index (χ1n) is 15.1. The van der Waals surface area contributed by atoms with Gasteiger partial charge in [-0.05, 0) is 79.9 Å². The van der Waals surface area contributed by atoms with E-state index in [1.807, 2.05) is 12.1 Å². The second-order valence-corrected chi connectivity index (χ2v) is 11.4. The van der Waals surface area contributed by atoms with Crippen molar-refractivity contribution in [3.8, 4) is 11.1 Å². The van der Waals surface area contributed by atoms with Crippen molar-refractivity contribution in [3.63, 3.8) is 0 Å². The van der Waals surface area contributed by atoms with E-state index in [9.17, 15) is 0 Å². The number of nitrogens with one attached hydrogen (secondary N) is 1. The molecule has 0 amide bonds. The molecule has 8 aromatic rings. The van der Waals surface area contributed by atoms with E-state index in [0.717, 1.165) is 39.5 Å². The quantitative estimate of drug-likeness (QED) is 0.216. The summed E-state index contributed by atoms with van der Waals surface area (Å²) in [6.07, 6.45) is 2.28. The standard InChI is InChI=1S/C41H28N2O/c1-2-8-27(9-3-1)28-14-18-31(19-15-28)43(33-25-39-38-12-6-7-13-40(38)44-41(39)42-26-33)32-20-23-35-30(24-32)17-22-36-34-11-5-4-10-29(34)16-21-37(35)36/h1-25,42H,26H2.